The molecule has 2 aromatic rings. The van der Waals surface area contributed by atoms with Crippen LogP contribution in [0, 0.1) is 6.92 Å². The van der Waals surface area contributed by atoms with E-state index in [0.29, 0.717) is 11.5 Å². The number of hydrogen-bond donors (Lipinski definition) is 2. The lowest BCUT2D eigenvalue weighted by atomic mass is 10.2. The second kappa shape index (κ2) is 4.56. The second-order valence-corrected chi connectivity index (χ2v) is 4.28. The number of nitrogens with zero attached hydrogens (tertiary/aromatic N) is 3. The number of rotatable bonds is 3. The van der Waals surface area contributed by atoms with E-state index in [0.717, 1.165) is 0 Å². The van der Waals surface area contributed by atoms with Gasteiger partial charge in [0.2, 0.25) is 0 Å². The van der Waals surface area contributed by atoms with Gasteiger partial charge in [-0.1, -0.05) is 0 Å². The lowest BCUT2D eigenvalue weighted by Crippen LogP contribution is -2.24. The Kier molecular flexibility index (Phi) is 3.21. The minimum atomic E-state index is -4.24. The summed E-state index contributed by atoms with van der Waals surface area (Å²) in [6.07, 6.45) is -5.21. The molecule has 0 fully saturated rings. The van der Waals surface area contributed by atoms with E-state index in [1.165, 1.54) is 17.4 Å². The van der Waals surface area contributed by atoms with E-state index >= 15 is 0 Å². The van der Waals surface area contributed by atoms with Gasteiger partial charge < -0.3 is 5.32 Å². The molecule has 9 heteroatoms. The third kappa shape index (κ3) is 3.04. The van der Waals surface area contributed by atoms with Gasteiger partial charge in [0.05, 0.1) is 6.42 Å². The maximum Gasteiger partial charge on any atom is 0.391 e. The Morgan fingerprint density at radius 3 is 2.84 bits per heavy atom. The molecule has 6 nitrogen and oxygen atoms in total. The third-order valence-electron chi connectivity index (χ3n) is 2.50. The highest BCUT2D eigenvalue weighted by molar-refractivity contribution is 5.50. The van der Waals surface area contributed by atoms with Crippen LogP contribution < -0.4 is 11.0 Å². The van der Waals surface area contributed by atoms with Crippen molar-refractivity contribution in [3.63, 3.8) is 0 Å². The molecule has 2 heterocycles. The van der Waals surface area contributed by atoms with Crippen molar-refractivity contribution in [2.75, 3.05) is 5.32 Å². The first-order valence-corrected chi connectivity index (χ1v) is 5.54. The third-order valence-corrected chi connectivity index (χ3v) is 2.50. The molecule has 0 bridgehead atoms. The van der Waals surface area contributed by atoms with E-state index in [4.69, 9.17) is 0 Å². The van der Waals surface area contributed by atoms with Crippen LogP contribution in [-0.2, 0) is 0 Å². The molecule has 0 aromatic carbocycles. The highest BCUT2D eigenvalue weighted by Gasteiger charge is 2.30. The first-order valence-electron chi connectivity index (χ1n) is 5.54. The molecule has 0 amide bonds. The molecule has 2 rings (SSSR count). The maximum atomic E-state index is 12.2. The average Bonchev–Trinajstić information content (AvgIpc) is 2.57. The van der Waals surface area contributed by atoms with E-state index in [1.807, 2.05) is 0 Å². The quantitative estimate of drug-likeness (QED) is 0.889. The second-order valence-electron chi connectivity index (χ2n) is 4.28. The summed E-state index contributed by atoms with van der Waals surface area (Å²) >= 11 is 0. The number of hydrogen-bond acceptors (Lipinski definition) is 4. The fraction of sp³-hybridized carbons (Fsp3) is 0.500. The number of aryl methyl sites for hydroxylation is 1. The zero-order valence-corrected chi connectivity index (χ0v) is 10.2. The molecule has 1 atom stereocenters. The van der Waals surface area contributed by atoms with E-state index in [2.05, 4.69) is 20.5 Å². The van der Waals surface area contributed by atoms with Gasteiger partial charge in [0, 0.05) is 12.1 Å². The van der Waals surface area contributed by atoms with E-state index in [1.54, 1.807) is 6.92 Å². The first kappa shape index (κ1) is 13.4. The molecule has 104 valence electrons. The van der Waals surface area contributed by atoms with Crippen molar-refractivity contribution in [2.24, 2.45) is 0 Å². The Hall–Kier alpha value is -2.06. The van der Waals surface area contributed by atoms with Gasteiger partial charge >= 0.3 is 11.9 Å². The molecular weight excluding hydrogens is 263 g/mol. The standard InChI is InChI=1S/C10H12F3N5O/c1-5(4-10(11,12)13)14-7-3-8-16-17-9(19)18(8)6(2)15-7/h3,5,14H,4H2,1-2H3,(H,17,19). The van der Waals surface area contributed by atoms with Crippen LogP contribution in [0.5, 0.6) is 0 Å². The van der Waals surface area contributed by atoms with Gasteiger partial charge in [0.1, 0.15) is 11.6 Å². The molecule has 2 N–H and O–H groups in total. The van der Waals surface area contributed by atoms with Crippen molar-refractivity contribution in [2.45, 2.75) is 32.5 Å². The van der Waals surface area contributed by atoms with Crippen LogP contribution in [-0.4, -0.2) is 31.8 Å². The highest BCUT2D eigenvalue weighted by Crippen LogP contribution is 2.23. The minimum Gasteiger partial charge on any atom is -0.367 e. The van der Waals surface area contributed by atoms with Crippen LogP contribution in [0.3, 0.4) is 0 Å². The molecule has 0 saturated carbocycles. The van der Waals surface area contributed by atoms with Crippen LogP contribution in [0.1, 0.15) is 19.2 Å². The van der Waals surface area contributed by atoms with Gasteiger partial charge in [-0.25, -0.2) is 19.3 Å². The normalized spacial score (nSPS) is 13.7. The summed E-state index contributed by atoms with van der Waals surface area (Å²) in [5, 5.41) is 8.63. The Morgan fingerprint density at radius 2 is 2.21 bits per heavy atom. The summed E-state index contributed by atoms with van der Waals surface area (Å²) in [4.78, 5) is 15.4. The number of halogens is 3. The van der Waals surface area contributed by atoms with Crippen molar-refractivity contribution in [3.8, 4) is 0 Å². The van der Waals surface area contributed by atoms with Gasteiger partial charge in [-0.2, -0.15) is 18.3 Å². The summed E-state index contributed by atoms with van der Waals surface area (Å²) in [5.74, 6) is 0.596. The van der Waals surface area contributed by atoms with Gasteiger partial charge in [-0.15, -0.1) is 0 Å². The largest absolute Gasteiger partial charge is 0.391 e. The number of anilines is 1. The molecule has 0 aliphatic heterocycles. The predicted molar refractivity (Wildman–Crippen MR) is 62.1 cm³/mol. The van der Waals surface area contributed by atoms with Gasteiger partial charge in [-0.3, -0.25) is 0 Å². The van der Waals surface area contributed by atoms with Crippen LogP contribution in [0.2, 0.25) is 0 Å². The Morgan fingerprint density at radius 1 is 1.53 bits per heavy atom. The SMILES string of the molecule is Cc1nc(NC(C)CC(F)(F)F)cc2n[nH]c(=O)n12. The van der Waals surface area contributed by atoms with Gasteiger partial charge in [0.25, 0.3) is 0 Å². The minimum absolute atomic E-state index is 0.251. The maximum absolute atomic E-state index is 12.2. The molecule has 1 unspecified atom stereocenters. The van der Waals surface area contributed by atoms with Crippen molar-refractivity contribution in [1.29, 1.82) is 0 Å². The summed E-state index contributed by atoms with van der Waals surface area (Å²) < 4.78 is 37.9. The molecule has 0 aliphatic carbocycles. The average molecular weight is 275 g/mol. The summed E-state index contributed by atoms with van der Waals surface area (Å²) in [6, 6.07) is 0.595. The summed E-state index contributed by atoms with van der Waals surface area (Å²) in [7, 11) is 0. The molecule has 0 aliphatic rings. The van der Waals surface area contributed by atoms with E-state index < -0.39 is 24.3 Å². The van der Waals surface area contributed by atoms with Crippen molar-refractivity contribution in [1.82, 2.24) is 19.6 Å². The van der Waals surface area contributed by atoms with E-state index in [9.17, 15) is 18.0 Å². The number of fused-ring (bicyclic) bond motifs is 1. The van der Waals surface area contributed by atoms with Crippen LogP contribution in [0.4, 0.5) is 19.0 Å². The summed E-state index contributed by atoms with van der Waals surface area (Å²) in [6.45, 7) is 2.98. The molecular formula is C10H12F3N5O. The topological polar surface area (TPSA) is 75.1 Å². The van der Waals surface area contributed by atoms with E-state index in [-0.39, 0.29) is 5.82 Å². The fourth-order valence-corrected chi connectivity index (χ4v) is 1.82. The monoisotopic (exact) mass is 275 g/mol. The molecule has 0 spiro atoms. The number of alkyl halides is 3. The molecule has 0 radical (unpaired) electrons. The van der Waals surface area contributed by atoms with Crippen molar-refractivity contribution < 1.29 is 13.2 Å². The highest BCUT2D eigenvalue weighted by atomic mass is 19.4. The fourth-order valence-electron chi connectivity index (χ4n) is 1.82. The van der Waals surface area contributed by atoms with Crippen molar-refractivity contribution in [3.05, 3.63) is 22.4 Å². The molecule has 2 aromatic heterocycles. The number of nitrogens with one attached hydrogen (secondary N) is 2. The van der Waals surface area contributed by atoms with Crippen molar-refractivity contribution >= 4 is 11.5 Å². The lowest BCUT2D eigenvalue weighted by Gasteiger charge is -2.16. The number of aromatic amines is 1. The lowest BCUT2D eigenvalue weighted by molar-refractivity contribution is -0.136. The summed E-state index contributed by atoms with van der Waals surface area (Å²) in [5.41, 5.74) is -0.130. The van der Waals surface area contributed by atoms with Crippen LogP contribution in [0.15, 0.2) is 10.9 Å². The Labute approximate surface area is 105 Å². The first-order chi connectivity index (χ1) is 8.76. The Bertz CT molecular complexity index is 645. The molecule has 19 heavy (non-hydrogen) atoms. The zero-order chi connectivity index (χ0) is 14.2. The smallest absolute Gasteiger partial charge is 0.367 e. The Balaban J connectivity index is 2.24. The van der Waals surface area contributed by atoms with Crippen LogP contribution >= 0.6 is 0 Å². The number of H-pyrrole nitrogens is 1. The number of aromatic nitrogens is 4. The predicted octanol–water partition coefficient (Wildman–Crippen LogP) is 1.48. The van der Waals surface area contributed by atoms with Crippen LogP contribution in [0.25, 0.3) is 5.65 Å². The van der Waals surface area contributed by atoms with Gasteiger partial charge in [0.15, 0.2) is 5.65 Å². The van der Waals surface area contributed by atoms with Gasteiger partial charge in [-0.05, 0) is 13.8 Å². The molecule has 0 saturated heterocycles. The zero-order valence-electron chi connectivity index (χ0n) is 10.2.